The second-order valence-electron chi connectivity index (χ2n) is 9.44. The molecule has 0 aromatic heterocycles. The third kappa shape index (κ3) is 6.24. The third-order valence-electron chi connectivity index (χ3n) is 6.56. The topological polar surface area (TPSA) is 283 Å². The Morgan fingerprint density at radius 2 is 1.20 bits per heavy atom. The molecule has 234 valence electrons. The van der Waals surface area contributed by atoms with Gasteiger partial charge in [0.05, 0.1) is 39.3 Å². The van der Waals surface area contributed by atoms with Crippen molar-refractivity contribution in [2.24, 2.45) is 20.5 Å². The molecule has 19 heteroatoms. The van der Waals surface area contributed by atoms with Gasteiger partial charge in [0.15, 0.2) is 5.75 Å². The van der Waals surface area contributed by atoms with E-state index in [4.69, 9.17) is 11.0 Å². The molecule has 0 fully saturated rings. The smallest absolute Gasteiger partial charge is 0.296 e. The van der Waals surface area contributed by atoms with Crippen LogP contribution in [0.5, 0.6) is 5.75 Å². The molecule has 0 saturated heterocycles. The molecule has 16 nitrogen and oxygen atoms in total. The van der Waals surface area contributed by atoms with Gasteiger partial charge >= 0.3 is 0 Å². The molecule has 5 aromatic rings. The SMILES string of the molecule is N#Cc1ccc(/N=N/c2ccc(/N=N/c3c(S(=O)(=O)O)cc4c(N)c(S(=O)(=O)O)ccc4c3O)c3cc(S(=O)(=O)O)ccc23)cc1. The molecule has 0 aliphatic rings. The average Bonchev–Trinajstić information content (AvgIpc) is 2.98. The van der Waals surface area contributed by atoms with E-state index in [1.54, 1.807) is 12.1 Å². The zero-order chi connectivity index (χ0) is 33.6. The number of hydrogen-bond acceptors (Lipinski definition) is 13. The fourth-order valence-corrected chi connectivity index (χ4v) is 6.17. The highest BCUT2D eigenvalue weighted by molar-refractivity contribution is 7.86. The van der Waals surface area contributed by atoms with Gasteiger partial charge in [0.1, 0.15) is 15.5 Å². The molecule has 0 atom stereocenters. The lowest BCUT2D eigenvalue weighted by atomic mass is 10.1. The number of nitriles is 1. The van der Waals surface area contributed by atoms with Crippen molar-refractivity contribution in [1.29, 1.82) is 5.26 Å². The number of hydrogen-bond donors (Lipinski definition) is 5. The Labute approximate surface area is 260 Å². The normalized spacial score (nSPS) is 12.7. The number of nitrogens with zero attached hydrogens (tertiary/aromatic N) is 5. The summed E-state index contributed by atoms with van der Waals surface area (Å²) in [5.41, 5.74) is 5.29. The first-order valence-electron chi connectivity index (χ1n) is 12.4. The van der Waals surface area contributed by atoms with Gasteiger partial charge in [-0.05, 0) is 66.7 Å². The van der Waals surface area contributed by atoms with Gasteiger partial charge in [-0.1, -0.05) is 6.07 Å². The second-order valence-corrected chi connectivity index (χ2v) is 13.6. The third-order valence-corrected chi connectivity index (χ3v) is 9.19. The zero-order valence-corrected chi connectivity index (χ0v) is 25.2. The lowest BCUT2D eigenvalue weighted by Gasteiger charge is -2.12. The molecule has 0 bridgehead atoms. The number of azo groups is 2. The number of rotatable bonds is 7. The van der Waals surface area contributed by atoms with E-state index in [1.165, 1.54) is 30.3 Å². The summed E-state index contributed by atoms with van der Waals surface area (Å²) in [6.45, 7) is 0. The van der Waals surface area contributed by atoms with Crippen LogP contribution in [-0.2, 0) is 30.4 Å². The van der Waals surface area contributed by atoms with E-state index in [9.17, 15) is 44.0 Å². The highest BCUT2D eigenvalue weighted by atomic mass is 32.2. The predicted octanol–water partition coefficient (Wildman–Crippen LogP) is 5.72. The fourth-order valence-electron chi connectivity index (χ4n) is 4.39. The van der Waals surface area contributed by atoms with Crippen LogP contribution in [0.25, 0.3) is 21.5 Å². The maximum Gasteiger partial charge on any atom is 0.296 e. The molecule has 0 unspecified atom stereocenters. The number of phenols is 1. The van der Waals surface area contributed by atoms with Gasteiger partial charge in [0.2, 0.25) is 0 Å². The minimum absolute atomic E-state index is 0.0332. The highest BCUT2D eigenvalue weighted by Crippen LogP contribution is 2.45. The molecular formula is C27H18N6O10S3. The largest absolute Gasteiger partial charge is 0.505 e. The summed E-state index contributed by atoms with van der Waals surface area (Å²) in [4.78, 5) is -2.35. The first kappa shape index (κ1) is 32.0. The van der Waals surface area contributed by atoms with E-state index in [-0.39, 0.29) is 32.9 Å². The Balaban J connectivity index is 1.70. The Bertz CT molecular complexity index is 2530. The van der Waals surface area contributed by atoms with Crippen molar-refractivity contribution in [1.82, 2.24) is 0 Å². The van der Waals surface area contributed by atoms with Gasteiger partial charge in [-0.3, -0.25) is 13.7 Å². The number of nitrogens with two attached hydrogens (primary N) is 1. The molecule has 0 heterocycles. The summed E-state index contributed by atoms with van der Waals surface area (Å²) in [5, 5.41) is 35.7. The Hall–Kier alpha value is -5.36. The van der Waals surface area contributed by atoms with Crippen LogP contribution < -0.4 is 5.73 Å². The predicted molar refractivity (Wildman–Crippen MR) is 163 cm³/mol. The summed E-state index contributed by atoms with van der Waals surface area (Å²) in [5.74, 6) is -0.891. The minimum atomic E-state index is -5.17. The van der Waals surface area contributed by atoms with E-state index < -0.39 is 62.2 Å². The monoisotopic (exact) mass is 682 g/mol. The van der Waals surface area contributed by atoms with E-state index in [0.29, 0.717) is 11.3 Å². The maximum atomic E-state index is 12.3. The van der Waals surface area contributed by atoms with Crippen LogP contribution in [0.4, 0.5) is 28.4 Å². The number of benzene rings is 5. The van der Waals surface area contributed by atoms with Gasteiger partial charge in [-0.15, -0.1) is 15.3 Å². The average molecular weight is 683 g/mol. The summed E-state index contributed by atoms with van der Waals surface area (Å²) < 4.78 is 101. The summed E-state index contributed by atoms with van der Waals surface area (Å²) in [6, 6.07) is 16.9. The Kier molecular flexibility index (Phi) is 8.03. The zero-order valence-electron chi connectivity index (χ0n) is 22.7. The molecular weight excluding hydrogens is 665 g/mol. The standard InChI is InChI=1S/C27H18N6O10S3/c28-13-14-1-3-15(4-2-14)30-31-21-8-9-22(19-11-16(44(35,36)37)5-6-17(19)21)32-33-26-24(46(41,42)43)12-20-18(27(26)34)7-10-23(25(20)29)45(38,39)40/h1-12,34H,29H2,(H,35,36,37)(H,38,39,40)(H,41,42,43)/b31-30+,33-32+. The van der Waals surface area contributed by atoms with Crippen LogP contribution >= 0.6 is 0 Å². The molecule has 0 aliphatic carbocycles. The van der Waals surface area contributed by atoms with E-state index >= 15 is 0 Å². The molecule has 0 saturated carbocycles. The molecule has 46 heavy (non-hydrogen) atoms. The second kappa shape index (κ2) is 11.5. The Morgan fingerprint density at radius 3 is 1.78 bits per heavy atom. The van der Waals surface area contributed by atoms with Crippen LogP contribution in [0.1, 0.15) is 5.56 Å². The van der Waals surface area contributed by atoms with Crippen molar-refractivity contribution in [2.45, 2.75) is 14.7 Å². The molecule has 5 rings (SSSR count). The van der Waals surface area contributed by atoms with Gasteiger partial charge < -0.3 is 10.8 Å². The quantitative estimate of drug-likeness (QED) is 0.0782. The lowest BCUT2D eigenvalue weighted by Crippen LogP contribution is -2.05. The van der Waals surface area contributed by atoms with Gasteiger partial charge in [-0.2, -0.15) is 35.6 Å². The molecule has 0 amide bonds. The first-order valence-corrected chi connectivity index (χ1v) is 16.7. The molecule has 0 radical (unpaired) electrons. The highest BCUT2D eigenvalue weighted by Gasteiger charge is 2.25. The first-order chi connectivity index (χ1) is 21.5. The van der Waals surface area contributed by atoms with Crippen LogP contribution in [-0.4, -0.2) is 44.0 Å². The van der Waals surface area contributed by atoms with Crippen molar-refractivity contribution in [3.05, 3.63) is 78.4 Å². The van der Waals surface area contributed by atoms with Crippen LogP contribution in [0, 0.1) is 11.3 Å². The van der Waals surface area contributed by atoms with Gasteiger partial charge in [-0.25, -0.2) is 0 Å². The van der Waals surface area contributed by atoms with E-state index in [1.807, 2.05) is 6.07 Å². The summed E-state index contributed by atoms with van der Waals surface area (Å²) in [6.07, 6.45) is 0. The van der Waals surface area contributed by atoms with Crippen molar-refractivity contribution >= 4 is 80.3 Å². The van der Waals surface area contributed by atoms with Crippen molar-refractivity contribution in [3.63, 3.8) is 0 Å². The van der Waals surface area contributed by atoms with E-state index in [0.717, 1.165) is 30.3 Å². The van der Waals surface area contributed by atoms with Crippen LogP contribution in [0.15, 0.2) is 108 Å². The number of aromatic hydroxyl groups is 1. The summed E-state index contributed by atoms with van der Waals surface area (Å²) >= 11 is 0. The van der Waals surface area contributed by atoms with Gasteiger partial charge in [0, 0.05) is 21.5 Å². The molecule has 5 aromatic carbocycles. The number of phenolic OH excluding ortho intramolecular Hbond substituents is 1. The molecule has 0 aliphatic heterocycles. The molecule has 0 spiro atoms. The Morgan fingerprint density at radius 1 is 0.609 bits per heavy atom. The lowest BCUT2D eigenvalue weighted by molar-refractivity contribution is 0.472. The van der Waals surface area contributed by atoms with E-state index in [2.05, 4.69) is 20.5 Å². The van der Waals surface area contributed by atoms with Crippen molar-refractivity contribution in [2.75, 3.05) is 5.73 Å². The van der Waals surface area contributed by atoms with Gasteiger partial charge in [0.25, 0.3) is 30.4 Å². The minimum Gasteiger partial charge on any atom is -0.505 e. The fraction of sp³-hybridized carbons (Fsp3) is 0. The number of anilines is 1. The molecule has 6 N–H and O–H groups in total. The van der Waals surface area contributed by atoms with Crippen molar-refractivity contribution < 1.29 is 44.0 Å². The van der Waals surface area contributed by atoms with Crippen LogP contribution in [0.3, 0.4) is 0 Å². The summed E-state index contributed by atoms with van der Waals surface area (Å²) in [7, 11) is -14.7. The maximum absolute atomic E-state index is 12.3. The number of fused-ring (bicyclic) bond motifs is 2. The number of nitrogen functional groups attached to an aromatic ring is 1. The van der Waals surface area contributed by atoms with Crippen molar-refractivity contribution in [3.8, 4) is 11.8 Å². The van der Waals surface area contributed by atoms with Crippen LogP contribution in [0.2, 0.25) is 0 Å².